The number of benzene rings is 1. The van der Waals surface area contributed by atoms with E-state index in [4.69, 9.17) is 23.2 Å². The molecule has 2 heterocycles. The number of nitrogens with one attached hydrogen (secondary N) is 1. The highest BCUT2D eigenvalue weighted by atomic mass is 35.5. The Morgan fingerprint density at radius 2 is 1.68 bits per heavy atom. The third kappa shape index (κ3) is 4.73. The fourth-order valence-electron chi connectivity index (χ4n) is 4.01. The largest absolute Gasteiger partial charge is 0.355 e. The summed E-state index contributed by atoms with van der Waals surface area (Å²) < 4.78 is 27.3. The van der Waals surface area contributed by atoms with Gasteiger partial charge in [0, 0.05) is 37.4 Å². The van der Waals surface area contributed by atoms with Crippen LogP contribution in [0.4, 0.5) is 0 Å². The van der Waals surface area contributed by atoms with Crippen molar-refractivity contribution < 1.29 is 18.0 Å². The van der Waals surface area contributed by atoms with Crippen molar-refractivity contribution >= 4 is 44.8 Å². The van der Waals surface area contributed by atoms with Crippen LogP contribution < -0.4 is 0 Å². The number of aromatic amines is 1. The quantitative estimate of drug-likeness (QED) is 0.605. The standard InChI is InChI=1S/C21H25Cl2N3O4S/c1-4-15-19(14(3)27)13(2)24-20(15)18(28)12-25-8-10-26(11-9-25)31(29,30)21-16(22)6-5-7-17(21)23/h5-7,24H,4,8-12H2,1-3H3. The van der Waals surface area contributed by atoms with Crippen molar-refractivity contribution in [2.75, 3.05) is 32.7 Å². The number of aryl methyl sites for hydroxylation is 1. The summed E-state index contributed by atoms with van der Waals surface area (Å²) in [5.74, 6) is -0.181. The molecule has 0 amide bonds. The number of hydrogen-bond acceptors (Lipinski definition) is 5. The maximum atomic E-state index is 13.0. The first-order valence-electron chi connectivity index (χ1n) is 10.00. The summed E-state index contributed by atoms with van der Waals surface area (Å²) in [7, 11) is -3.84. The van der Waals surface area contributed by atoms with Gasteiger partial charge in [-0.15, -0.1) is 0 Å². The van der Waals surface area contributed by atoms with Crippen LogP contribution in [0, 0.1) is 6.92 Å². The van der Waals surface area contributed by atoms with Crippen LogP contribution in [0.2, 0.25) is 10.0 Å². The van der Waals surface area contributed by atoms with Crippen molar-refractivity contribution in [3.63, 3.8) is 0 Å². The molecule has 1 aromatic heterocycles. The molecule has 31 heavy (non-hydrogen) atoms. The predicted octanol–water partition coefficient (Wildman–Crippen LogP) is 3.58. The molecule has 1 aliphatic heterocycles. The third-order valence-electron chi connectivity index (χ3n) is 5.49. The third-order valence-corrected chi connectivity index (χ3v) is 8.35. The molecule has 10 heteroatoms. The number of piperazine rings is 1. The molecular formula is C21H25Cl2N3O4S. The van der Waals surface area contributed by atoms with Gasteiger partial charge in [-0.3, -0.25) is 14.5 Å². The fourth-order valence-corrected chi connectivity index (χ4v) is 6.53. The molecule has 1 N–H and O–H groups in total. The second-order valence-electron chi connectivity index (χ2n) is 7.54. The van der Waals surface area contributed by atoms with E-state index in [1.54, 1.807) is 13.0 Å². The lowest BCUT2D eigenvalue weighted by Gasteiger charge is -2.33. The van der Waals surface area contributed by atoms with Crippen molar-refractivity contribution in [2.45, 2.75) is 32.1 Å². The number of halogens is 2. The molecule has 0 saturated carbocycles. The average molecular weight is 486 g/mol. The first-order valence-corrected chi connectivity index (χ1v) is 12.2. The molecule has 1 saturated heterocycles. The van der Waals surface area contributed by atoms with Gasteiger partial charge in [0.25, 0.3) is 0 Å². The lowest BCUT2D eigenvalue weighted by molar-refractivity contribution is 0.0896. The van der Waals surface area contributed by atoms with Gasteiger partial charge in [0.05, 0.1) is 22.3 Å². The number of aromatic nitrogens is 1. The Kier molecular flexibility index (Phi) is 7.28. The van der Waals surface area contributed by atoms with Crippen LogP contribution >= 0.6 is 23.2 Å². The number of hydrogen-bond donors (Lipinski definition) is 1. The minimum absolute atomic E-state index is 0.0679. The number of carbonyl (C=O) groups is 2. The molecule has 0 unspecified atom stereocenters. The Labute approximate surface area is 192 Å². The van der Waals surface area contributed by atoms with E-state index < -0.39 is 10.0 Å². The lowest BCUT2D eigenvalue weighted by atomic mass is 10.0. The van der Waals surface area contributed by atoms with Gasteiger partial charge in [0.1, 0.15) is 4.90 Å². The second kappa shape index (κ2) is 9.42. The summed E-state index contributed by atoms with van der Waals surface area (Å²) in [6.45, 7) is 6.58. The van der Waals surface area contributed by atoms with E-state index in [0.29, 0.717) is 36.5 Å². The van der Waals surface area contributed by atoms with Gasteiger partial charge < -0.3 is 4.98 Å². The summed E-state index contributed by atoms with van der Waals surface area (Å²) >= 11 is 12.2. The van der Waals surface area contributed by atoms with Crippen LogP contribution in [0.25, 0.3) is 0 Å². The Bertz CT molecular complexity index is 1100. The summed E-state index contributed by atoms with van der Waals surface area (Å²) in [5.41, 5.74) is 2.48. The molecule has 1 aromatic carbocycles. The summed E-state index contributed by atoms with van der Waals surface area (Å²) in [5, 5.41) is 0.168. The summed E-state index contributed by atoms with van der Waals surface area (Å²) in [4.78, 5) is 29.8. The van der Waals surface area contributed by atoms with Crippen LogP contribution in [0.1, 0.15) is 46.0 Å². The van der Waals surface area contributed by atoms with Gasteiger partial charge in [-0.25, -0.2) is 8.42 Å². The normalized spacial score (nSPS) is 15.9. The van der Waals surface area contributed by atoms with E-state index >= 15 is 0 Å². The fraction of sp³-hybridized carbons (Fsp3) is 0.429. The van der Waals surface area contributed by atoms with Gasteiger partial charge >= 0.3 is 0 Å². The minimum Gasteiger partial charge on any atom is -0.355 e. The summed E-state index contributed by atoms with van der Waals surface area (Å²) in [6.07, 6.45) is 0.574. The van der Waals surface area contributed by atoms with Crippen molar-refractivity contribution in [1.29, 1.82) is 0 Å². The van der Waals surface area contributed by atoms with Crippen LogP contribution in [0.5, 0.6) is 0 Å². The van der Waals surface area contributed by atoms with Gasteiger partial charge in [-0.2, -0.15) is 4.31 Å². The molecule has 3 rings (SSSR count). The van der Waals surface area contributed by atoms with Crippen molar-refractivity contribution in [3.05, 3.63) is 50.8 Å². The summed E-state index contributed by atoms with van der Waals surface area (Å²) in [6, 6.07) is 4.58. The second-order valence-corrected chi connectivity index (χ2v) is 10.2. The topological polar surface area (TPSA) is 90.6 Å². The van der Waals surface area contributed by atoms with Gasteiger partial charge in [-0.05, 0) is 38.0 Å². The van der Waals surface area contributed by atoms with Crippen LogP contribution in [0.15, 0.2) is 23.1 Å². The molecule has 0 aliphatic carbocycles. The maximum Gasteiger partial charge on any atom is 0.246 e. The Morgan fingerprint density at radius 1 is 1.10 bits per heavy atom. The molecule has 0 bridgehead atoms. The SMILES string of the molecule is CCc1c(C(=O)CN2CCN(S(=O)(=O)c3c(Cl)cccc3Cl)CC2)[nH]c(C)c1C(C)=O. The van der Waals surface area contributed by atoms with E-state index in [9.17, 15) is 18.0 Å². The highest BCUT2D eigenvalue weighted by Crippen LogP contribution is 2.32. The zero-order valence-electron chi connectivity index (χ0n) is 17.7. The van der Waals surface area contributed by atoms with E-state index in [0.717, 1.165) is 5.56 Å². The van der Waals surface area contributed by atoms with Crippen LogP contribution in [-0.4, -0.2) is 66.9 Å². The van der Waals surface area contributed by atoms with Gasteiger partial charge in [0.15, 0.2) is 11.6 Å². The Balaban J connectivity index is 1.70. The number of H-pyrrole nitrogens is 1. The number of nitrogens with zero attached hydrogens (tertiary/aromatic N) is 2. The number of ketones is 2. The molecule has 1 aliphatic rings. The smallest absolute Gasteiger partial charge is 0.246 e. The Hall–Kier alpha value is -1.71. The number of sulfonamides is 1. The molecule has 1 fully saturated rings. The van der Waals surface area contributed by atoms with Crippen molar-refractivity contribution in [2.24, 2.45) is 0 Å². The van der Waals surface area contributed by atoms with Crippen LogP contribution in [-0.2, 0) is 16.4 Å². The van der Waals surface area contributed by atoms with Gasteiger partial charge in [0.2, 0.25) is 10.0 Å². The van der Waals surface area contributed by atoms with E-state index in [-0.39, 0.29) is 46.1 Å². The lowest BCUT2D eigenvalue weighted by Crippen LogP contribution is -2.49. The molecule has 0 spiro atoms. The van der Waals surface area contributed by atoms with Crippen LogP contribution in [0.3, 0.4) is 0 Å². The van der Waals surface area contributed by atoms with Crippen molar-refractivity contribution in [3.8, 4) is 0 Å². The number of carbonyl (C=O) groups excluding carboxylic acids is 2. The monoisotopic (exact) mass is 485 g/mol. The first kappa shape index (κ1) is 23.9. The zero-order valence-corrected chi connectivity index (χ0v) is 20.0. The molecule has 0 atom stereocenters. The molecular weight excluding hydrogens is 461 g/mol. The minimum atomic E-state index is -3.84. The molecule has 2 aromatic rings. The maximum absolute atomic E-state index is 13.0. The van der Waals surface area contributed by atoms with Crippen molar-refractivity contribution in [1.82, 2.24) is 14.2 Å². The molecule has 0 radical (unpaired) electrons. The number of Topliss-reactive ketones (excluding diaryl/α,β-unsaturated/α-hetero) is 2. The average Bonchev–Trinajstić information content (AvgIpc) is 3.04. The first-order chi connectivity index (χ1) is 14.6. The zero-order chi connectivity index (χ0) is 22.9. The van der Waals surface area contributed by atoms with Gasteiger partial charge in [-0.1, -0.05) is 36.2 Å². The van der Waals surface area contributed by atoms with E-state index in [1.807, 2.05) is 11.8 Å². The van der Waals surface area contributed by atoms with E-state index in [1.165, 1.54) is 23.4 Å². The highest BCUT2D eigenvalue weighted by molar-refractivity contribution is 7.89. The highest BCUT2D eigenvalue weighted by Gasteiger charge is 2.32. The Morgan fingerprint density at radius 3 is 2.19 bits per heavy atom. The molecule has 7 nitrogen and oxygen atoms in total. The predicted molar refractivity (Wildman–Crippen MR) is 121 cm³/mol. The number of rotatable bonds is 7. The van der Waals surface area contributed by atoms with E-state index in [2.05, 4.69) is 4.98 Å². The molecule has 168 valence electrons.